The first-order valence-corrected chi connectivity index (χ1v) is 9.13. The Morgan fingerprint density at radius 1 is 1.38 bits per heavy atom. The number of nitrogens with zero attached hydrogens (tertiary/aromatic N) is 1. The van der Waals surface area contributed by atoms with E-state index in [9.17, 15) is 8.42 Å². The second-order valence-electron chi connectivity index (χ2n) is 5.98. The summed E-state index contributed by atoms with van der Waals surface area (Å²) in [6, 6.07) is 5.12. The van der Waals surface area contributed by atoms with Crippen molar-refractivity contribution in [1.82, 2.24) is 9.62 Å². The van der Waals surface area contributed by atoms with Crippen molar-refractivity contribution < 1.29 is 8.42 Å². The van der Waals surface area contributed by atoms with Gasteiger partial charge in [-0.15, -0.1) is 0 Å². The number of nitrogens with one attached hydrogen (secondary N) is 1. The maximum atomic E-state index is 12.9. The van der Waals surface area contributed by atoms with Crippen molar-refractivity contribution in [3.63, 3.8) is 0 Å². The molecule has 1 aliphatic rings. The largest absolute Gasteiger partial charge is 0.316 e. The fourth-order valence-electron chi connectivity index (χ4n) is 2.34. The molecule has 0 atom stereocenters. The molecule has 4 nitrogen and oxygen atoms in total. The van der Waals surface area contributed by atoms with Crippen LogP contribution in [0, 0.1) is 5.92 Å². The van der Waals surface area contributed by atoms with Crippen LogP contribution in [-0.4, -0.2) is 32.4 Å². The van der Waals surface area contributed by atoms with Crippen molar-refractivity contribution in [3.05, 3.63) is 28.8 Å². The molecule has 0 bridgehead atoms. The third kappa shape index (κ3) is 3.97. The van der Waals surface area contributed by atoms with E-state index in [-0.39, 0.29) is 6.04 Å². The van der Waals surface area contributed by atoms with Gasteiger partial charge in [0, 0.05) is 24.2 Å². The van der Waals surface area contributed by atoms with Gasteiger partial charge in [-0.25, -0.2) is 8.42 Å². The van der Waals surface area contributed by atoms with Crippen molar-refractivity contribution in [2.24, 2.45) is 5.92 Å². The van der Waals surface area contributed by atoms with Crippen molar-refractivity contribution >= 4 is 21.6 Å². The molecule has 6 heteroatoms. The van der Waals surface area contributed by atoms with E-state index >= 15 is 0 Å². The molecule has 0 aromatic heterocycles. The first-order valence-electron chi connectivity index (χ1n) is 7.31. The van der Waals surface area contributed by atoms with E-state index in [0.717, 1.165) is 18.4 Å². The van der Waals surface area contributed by atoms with Crippen LogP contribution in [-0.2, 0) is 16.6 Å². The minimum Gasteiger partial charge on any atom is -0.316 e. The smallest absolute Gasteiger partial charge is 0.243 e. The van der Waals surface area contributed by atoms with Crippen molar-refractivity contribution in [3.8, 4) is 0 Å². The predicted octanol–water partition coefficient (Wildman–Crippen LogP) is 2.87. The summed E-state index contributed by atoms with van der Waals surface area (Å²) in [6.45, 7) is 5.20. The zero-order valence-electron chi connectivity index (χ0n) is 12.8. The third-order valence-corrected chi connectivity index (χ3v) is 5.77. The van der Waals surface area contributed by atoms with E-state index in [1.807, 2.05) is 20.9 Å². The van der Waals surface area contributed by atoms with Crippen molar-refractivity contribution in [2.75, 3.05) is 13.6 Å². The lowest BCUT2D eigenvalue weighted by Gasteiger charge is -2.24. The number of halogens is 1. The normalized spacial score (nSPS) is 15.9. The van der Waals surface area contributed by atoms with Gasteiger partial charge < -0.3 is 5.32 Å². The summed E-state index contributed by atoms with van der Waals surface area (Å²) in [5.41, 5.74) is 0.806. The van der Waals surface area contributed by atoms with Crippen LogP contribution in [0.15, 0.2) is 23.1 Å². The van der Waals surface area contributed by atoms with Gasteiger partial charge in [-0.3, -0.25) is 0 Å². The Bertz CT molecular complexity index is 598. The molecule has 1 aliphatic carbocycles. The van der Waals surface area contributed by atoms with E-state index in [1.165, 1.54) is 0 Å². The predicted molar refractivity (Wildman–Crippen MR) is 86.0 cm³/mol. The van der Waals surface area contributed by atoms with Gasteiger partial charge in [0.1, 0.15) is 0 Å². The highest BCUT2D eigenvalue weighted by atomic mass is 35.5. The van der Waals surface area contributed by atoms with Gasteiger partial charge in [0.2, 0.25) is 10.0 Å². The van der Waals surface area contributed by atoms with Gasteiger partial charge in [0.25, 0.3) is 0 Å². The van der Waals surface area contributed by atoms with Crippen LogP contribution >= 0.6 is 11.6 Å². The van der Waals surface area contributed by atoms with Crippen LogP contribution in [0.1, 0.15) is 32.3 Å². The number of benzene rings is 1. The molecule has 0 heterocycles. The first-order chi connectivity index (χ1) is 9.86. The van der Waals surface area contributed by atoms with E-state index in [0.29, 0.717) is 28.9 Å². The maximum Gasteiger partial charge on any atom is 0.243 e. The summed E-state index contributed by atoms with van der Waals surface area (Å²) >= 11 is 6.12. The van der Waals surface area contributed by atoms with Crippen LogP contribution in [0.5, 0.6) is 0 Å². The molecule has 0 spiro atoms. The molecule has 1 N–H and O–H groups in total. The molecule has 21 heavy (non-hydrogen) atoms. The number of rotatable bonds is 7. The molecule has 118 valence electrons. The molecular weight excluding hydrogens is 308 g/mol. The molecule has 0 unspecified atom stereocenters. The number of hydrogen-bond donors (Lipinski definition) is 1. The third-order valence-electron chi connectivity index (χ3n) is 3.49. The van der Waals surface area contributed by atoms with Crippen molar-refractivity contribution in [1.29, 1.82) is 0 Å². The molecule has 1 fully saturated rings. The summed E-state index contributed by atoms with van der Waals surface area (Å²) in [7, 11) is -1.63. The fraction of sp³-hybridized carbons (Fsp3) is 0.600. The SMILES string of the molecule is CNCc1cc(S(=O)(=O)N(CC(C)C)C2CC2)ccc1Cl. The van der Waals surface area contributed by atoms with E-state index < -0.39 is 10.0 Å². The number of hydrogen-bond acceptors (Lipinski definition) is 3. The van der Waals surface area contributed by atoms with Gasteiger partial charge in [0.15, 0.2) is 0 Å². The van der Waals surface area contributed by atoms with Crippen LogP contribution in [0.2, 0.25) is 5.02 Å². The Kier molecular flexibility index (Phi) is 5.30. The highest BCUT2D eigenvalue weighted by molar-refractivity contribution is 7.89. The zero-order chi connectivity index (χ0) is 15.6. The maximum absolute atomic E-state index is 12.9. The van der Waals surface area contributed by atoms with Crippen LogP contribution < -0.4 is 5.32 Å². The van der Waals surface area contributed by atoms with Crippen LogP contribution in [0.25, 0.3) is 0 Å². The highest BCUT2D eigenvalue weighted by Gasteiger charge is 2.38. The van der Waals surface area contributed by atoms with E-state index in [1.54, 1.807) is 22.5 Å². The van der Waals surface area contributed by atoms with Crippen molar-refractivity contribution in [2.45, 2.75) is 44.2 Å². The number of sulfonamides is 1. The summed E-state index contributed by atoms with van der Waals surface area (Å²) in [6.07, 6.45) is 1.92. The quantitative estimate of drug-likeness (QED) is 0.836. The molecule has 1 aromatic carbocycles. The first kappa shape index (κ1) is 16.7. The minimum atomic E-state index is -3.44. The topological polar surface area (TPSA) is 49.4 Å². The van der Waals surface area contributed by atoms with Crippen LogP contribution in [0.3, 0.4) is 0 Å². The molecule has 0 aliphatic heterocycles. The lowest BCUT2D eigenvalue weighted by molar-refractivity contribution is 0.360. The standard InChI is InChI=1S/C15H23ClN2O2S/c1-11(2)10-18(13-4-5-13)21(19,20)14-6-7-15(16)12(8-14)9-17-3/h6-8,11,13,17H,4-5,9-10H2,1-3H3. The molecule has 2 rings (SSSR count). The molecule has 0 radical (unpaired) electrons. The van der Waals surface area contributed by atoms with E-state index in [2.05, 4.69) is 5.32 Å². The Hall–Kier alpha value is -0.620. The van der Waals surface area contributed by atoms with Gasteiger partial charge >= 0.3 is 0 Å². The van der Waals surface area contributed by atoms with Crippen LogP contribution in [0.4, 0.5) is 0 Å². The Morgan fingerprint density at radius 2 is 2.05 bits per heavy atom. The fourth-order valence-corrected chi connectivity index (χ4v) is 4.42. The highest BCUT2D eigenvalue weighted by Crippen LogP contribution is 2.33. The molecule has 1 aromatic rings. The zero-order valence-corrected chi connectivity index (χ0v) is 14.3. The molecular formula is C15H23ClN2O2S. The Labute approximate surface area is 132 Å². The molecule has 0 saturated heterocycles. The summed E-state index contributed by atoms with van der Waals surface area (Å²) in [5, 5.41) is 3.60. The van der Waals surface area contributed by atoms with E-state index in [4.69, 9.17) is 11.6 Å². The average molecular weight is 331 g/mol. The summed E-state index contributed by atoms with van der Waals surface area (Å²) in [4.78, 5) is 0.338. The summed E-state index contributed by atoms with van der Waals surface area (Å²) < 4.78 is 27.4. The average Bonchev–Trinajstić information content (AvgIpc) is 3.22. The Balaban J connectivity index is 2.35. The summed E-state index contributed by atoms with van der Waals surface area (Å²) in [5.74, 6) is 0.310. The lowest BCUT2D eigenvalue weighted by Crippen LogP contribution is -2.36. The van der Waals surface area contributed by atoms with Gasteiger partial charge in [-0.1, -0.05) is 25.4 Å². The van der Waals surface area contributed by atoms with Gasteiger partial charge in [-0.05, 0) is 49.6 Å². The molecule has 0 amide bonds. The Morgan fingerprint density at radius 3 is 2.57 bits per heavy atom. The minimum absolute atomic E-state index is 0.167. The lowest BCUT2D eigenvalue weighted by atomic mass is 10.2. The second kappa shape index (κ2) is 6.65. The monoisotopic (exact) mass is 330 g/mol. The van der Waals surface area contributed by atoms with Gasteiger partial charge in [0.05, 0.1) is 4.90 Å². The van der Waals surface area contributed by atoms with Gasteiger partial charge in [-0.2, -0.15) is 4.31 Å². The molecule has 1 saturated carbocycles. The second-order valence-corrected chi connectivity index (χ2v) is 8.28.